The lowest BCUT2D eigenvalue weighted by Gasteiger charge is -2.50. The SMILES string of the molecule is COC(=O)[C@@H]1[C@H]2C[C@H]3c4[nH]c5cc(OC)c(OC)cc5c4CCN3C[C@@H]2CC[C@@H]1O. The van der Waals surface area contributed by atoms with E-state index >= 15 is 0 Å². The van der Waals surface area contributed by atoms with Gasteiger partial charge in [-0.3, -0.25) is 9.69 Å². The van der Waals surface area contributed by atoms with E-state index in [1.54, 1.807) is 14.2 Å². The van der Waals surface area contributed by atoms with Crippen molar-refractivity contribution in [3.8, 4) is 11.5 Å². The van der Waals surface area contributed by atoms with Crippen molar-refractivity contribution in [3.05, 3.63) is 23.4 Å². The molecular weight excluding hydrogens is 384 g/mol. The number of aromatic nitrogens is 1. The minimum Gasteiger partial charge on any atom is -0.493 e. The summed E-state index contributed by atoms with van der Waals surface area (Å²) in [4.78, 5) is 18.7. The molecule has 1 saturated heterocycles. The summed E-state index contributed by atoms with van der Waals surface area (Å²) in [5.74, 6) is 1.33. The highest BCUT2D eigenvalue weighted by Gasteiger charge is 2.49. The number of hydrogen-bond donors (Lipinski definition) is 2. The molecule has 0 amide bonds. The maximum Gasteiger partial charge on any atom is 0.311 e. The van der Waals surface area contributed by atoms with Gasteiger partial charge in [-0.1, -0.05) is 0 Å². The van der Waals surface area contributed by atoms with E-state index in [-0.39, 0.29) is 17.9 Å². The molecule has 3 aliphatic rings. The summed E-state index contributed by atoms with van der Waals surface area (Å²) >= 11 is 0. The minimum atomic E-state index is -0.607. The van der Waals surface area contributed by atoms with Crippen LogP contribution in [0.3, 0.4) is 0 Å². The highest BCUT2D eigenvalue weighted by molar-refractivity contribution is 5.88. The first-order valence-corrected chi connectivity index (χ1v) is 10.8. The maximum atomic E-state index is 12.5. The first kappa shape index (κ1) is 19.7. The molecule has 2 fully saturated rings. The Balaban J connectivity index is 1.54. The molecule has 2 N–H and O–H groups in total. The summed E-state index contributed by atoms with van der Waals surface area (Å²) < 4.78 is 16.1. The third-order valence-corrected chi connectivity index (χ3v) is 7.62. The number of aliphatic hydroxyl groups is 1. The molecule has 1 saturated carbocycles. The number of fused-ring (bicyclic) bond motifs is 6. The molecule has 0 radical (unpaired) electrons. The average Bonchev–Trinajstić information content (AvgIpc) is 3.14. The Morgan fingerprint density at radius 1 is 1.17 bits per heavy atom. The van der Waals surface area contributed by atoms with Gasteiger partial charge in [0.25, 0.3) is 0 Å². The molecule has 2 aromatic rings. The monoisotopic (exact) mass is 414 g/mol. The van der Waals surface area contributed by atoms with Crippen LogP contribution >= 0.6 is 0 Å². The van der Waals surface area contributed by atoms with E-state index in [1.165, 1.54) is 23.8 Å². The zero-order chi connectivity index (χ0) is 21.0. The molecular formula is C23H30N2O5. The largest absolute Gasteiger partial charge is 0.493 e. The van der Waals surface area contributed by atoms with Gasteiger partial charge in [0.2, 0.25) is 0 Å². The fourth-order valence-electron chi connectivity index (χ4n) is 6.18. The van der Waals surface area contributed by atoms with E-state index in [1.807, 2.05) is 6.07 Å². The van der Waals surface area contributed by atoms with E-state index in [0.29, 0.717) is 18.1 Å². The molecule has 5 rings (SSSR count). The second kappa shape index (κ2) is 7.46. The quantitative estimate of drug-likeness (QED) is 0.752. The first-order chi connectivity index (χ1) is 14.5. The predicted molar refractivity (Wildman–Crippen MR) is 112 cm³/mol. The molecule has 1 aromatic heterocycles. The van der Waals surface area contributed by atoms with Crippen LogP contribution < -0.4 is 9.47 Å². The van der Waals surface area contributed by atoms with Crippen LogP contribution in [0, 0.1) is 17.8 Å². The van der Waals surface area contributed by atoms with Gasteiger partial charge < -0.3 is 24.3 Å². The maximum absolute atomic E-state index is 12.5. The van der Waals surface area contributed by atoms with Crippen molar-refractivity contribution in [2.24, 2.45) is 17.8 Å². The van der Waals surface area contributed by atoms with Crippen LogP contribution in [0.15, 0.2) is 12.1 Å². The van der Waals surface area contributed by atoms with Crippen LogP contribution in [-0.2, 0) is 16.0 Å². The highest BCUT2D eigenvalue weighted by Crippen LogP contribution is 2.50. The Hall–Kier alpha value is -2.25. The van der Waals surface area contributed by atoms with Crippen molar-refractivity contribution in [2.45, 2.75) is 37.8 Å². The van der Waals surface area contributed by atoms with E-state index in [2.05, 4.69) is 16.0 Å². The van der Waals surface area contributed by atoms with Crippen LogP contribution in [0.25, 0.3) is 10.9 Å². The third kappa shape index (κ3) is 2.90. The van der Waals surface area contributed by atoms with E-state index in [4.69, 9.17) is 14.2 Å². The Kier molecular flexibility index (Phi) is 4.90. The molecule has 30 heavy (non-hydrogen) atoms. The van der Waals surface area contributed by atoms with E-state index in [9.17, 15) is 9.90 Å². The topological polar surface area (TPSA) is 84.0 Å². The van der Waals surface area contributed by atoms with Crippen molar-refractivity contribution >= 4 is 16.9 Å². The highest BCUT2D eigenvalue weighted by atomic mass is 16.5. The summed E-state index contributed by atoms with van der Waals surface area (Å²) in [6.07, 6.45) is 2.88. The standard InChI is InChI=1S/C23H30N2O5/c1-28-19-9-15-13-6-7-25-11-12-4-5-18(26)21(23(27)30-3)14(12)8-17(25)22(13)24-16(15)10-20(19)29-2/h9-10,12,14,17-18,21,24,26H,4-8,11H2,1-3H3/t12-,14-,17-,18-,21+/m0/s1. The van der Waals surface area contributed by atoms with E-state index < -0.39 is 12.0 Å². The van der Waals surface area contributed by atoms with Gasteiger partial charge in [-0.05, 0) is 49.1 Å². The van der Waals surface area contributed by atoms with Gasteiger partial charge in [0, 0.05) is 35.8 Å². The van der Waals surface area contributed by atoms with Crippen molar-refractivity contribution in [1.29, 1.82) is 0 Å². The Morgan fingerprint density at radius 3 is 2.67 bits per heavy atom. The lowest BCUT2D eigenvalue weighted by Crippen LogP contribution is -2.53. The molecule has 1 aliphatic carbocycles. The average molecular weight is 415 g/mol. The molecule has 5 atom stereocenters. The number of hydrogen-bond acceptors (Lipinski definition) is 6. The number of H-pyrrole nitrogens is 1. The normalized spacial score (nSPS) is 30.9. The lowest BCUT2D eigenvalue weighted by atomic mass is 9.65. The number of aliphatic hydroxyl groups excluding tert-OH is 1. The van der Waals surface area contributed by atoms with Crippen LogP contribution in [-0.4, -0.2) is 61.5 Å². The molecule has 0 unspecified atom stereocenters. The Labute approximate surface area is 176 Å². The van der Waals surface area contributed by atoms with Crippen molar-refractivity contribution in [2.75, 3.05) is 34.4 Å². The molecule has 162 valence electrons. The molecule has 3 heterocycles. The van der Waals surface area contributed by atoms with E-state index in [0.717, 1.165) is 43.6 Å². The van der Waals surface area contributed by atoms with Crippen molar-refractivity contribution in [3.63, 3.8) is 0 Å². The van der Waals surface area contributed by atoms with Gasteiger partial charge in [-0.25, -0.2) is 0 Å². The number of carbonyl (C=O) groups is 1. The number of nitrogens with zero attached hydrogens (tertiary/aromatic N) is 1. The molecule has 0 spiro atoms. The molecule has 7 nitrogen and oxygen atoms in total. The number of piperidine rings is 1. The molecule has 1 aromatic carbocycles. The number of ether oxygens (including phenoxy) is 3. The zero-order valence-electron chi connectivity index (χ0n) is 17.8. The Bertz CT molecular complexity index is 970. The third-order valence-electron chi connectivity index (χ3n) is 7.62. The smallest absolute Gasteiger partial charge is 0.311 e. The summed E-state index contributed by atoms with van der Waals surface area (Å²) in [5.41, 5.74) is 3.61. The van der Waals surface area contributed by atoms with Gasteiger partial charge in [-0.15, -0.1) is 0 Å². The molecule has 7 heteroatoms. The summed E-state index contributed by atoms with van der Waals surface area (Å²) in [6, 6.07) is 4.29. The van der Waals surface area contributed by atoms with Crippen LogP contribution in [0.1, 0.15) is 36.6 Å². The number of rotatable bonds is 3. The minimum absolute atomic E-state index is 0.142. The summed E-state index contributed by atoms with van der Waals surface area (Å²) in [5, 5.41) is 11.8. The predicted octanol–water partition coefficient (Wildman–Crippen LogP) is 2.66. The van der Waals surface area contributed by atoms with Gasteiger partial charge in [0.05, 0.1) is 39.4 Å². The fraction of sp³-hybridized carbons (Fsp3) is 0.609. The number of aromatic amines is 1. The van der Waals surface area contributed by atoms with Crippen molar-refractivity contribution in [1.82, 2.24) is 9.88 Å². The van der Waals surface area contributed by atoms with Crippen molar-refractivity contribution < 1.29 is 24.1 Å². The number of esters is 1. The van der Waals surface area contributed by atoms with Gasteiger partial charge in [0.1, 0.15) is 0 Å². The second-order valence-electron chi connectivity index (χ2n) is 8.88. The lowest BCUT2D eigenvalue weighted by molar-refractivity contribution is -0.160. The van der Waals surface area contributed by atoms with Gasteiger partial charge in [-0.2, -0.15) is 0 Å². The number of benzene rings is 1. The fourth-order valence-corrected chi connectivity index (χ4v) is 6.18. The van der Waals surface area contributed by atoms with Crippen LogP contribution in [0.5, 0.6) is 11.5 Å². The number of methoxy groups -OCH3 is 3. The van der Waals surface area contributed by atoms with Gasteiger partial charge >= 0.3 is 5.97 Å². The molecule has 0 bridgehead atoms. The zero-order valence-corrected chi connectivity index (χ0v) is 17.8. The van der Waals surface area contributed by atoms with Crippen LogP contribution in [0.2, 0.25) is 0 Å². The summed E-state index contributed by atoms with van der Waals surface area (Å²) in [7, 11) is 4.73. The first-order valence-electron chi connectivity index (χ1n) is 10.8. The summed E-state index contributed by atoms with van der Waals surface area (Å²) in [6.45, 7) is 1.98. The Morgan fingerprint density at radius 2 is 1.93 bits per heavy atom. The number of carbonyl (C=O) groups excluding carboxylic acids is 1. The van der Waals surface area contributed by atoms with Gasteiger partial charge in [0.15, 0.2) is 11.5 Å². The second-order valence-corrected chi connectivity index (χ2v) is 8.88. The number of nitrogens with one attached hydrogen (secondary N) is 1. The molecule has 2 aliphatic heterocycles. The van der Waals surface area contributed by atoms with Crippen LogP contribution in [0.4, 0.5) is 0 Å².